The standard InChI is InChI=1S/C37H36ClF7N4O9/c1-19(2)28(30(52)37(44,45)33(55)46-18-35(39,40)41)48-32(54)29(21-9-13-24(57-3)14-10-21)49-31(53)26(15-20-7-11-25(12-8-20)58-17-27(50)51)47-34(56)36(42,43)22-5-4-6-23(38)16-22/h4-14,16,19,26,28-29H,15,17-18H2,1-3H3,(H,46,55)(H,47,56)(H,48,54)(H,49,53)(H,50,51)/t26-,28-,29-/m0/s1. The van der Waals surface area contributed by atoms with Gasteiger partial charge in [-0.1, -0.05) is 61.8 Å². The Balaban J connectivity index is 2.01. The molecule has 5 N–H and O–H groups in total. The van der Waals surface area contributed by atoms with Crippen molar-refractivity contribution in [3.63, 3.8) is 0 Å². The maximum atomic E-state index is 15.5. The van der Waals surface area contributed by atoms with Crippen LogP contribution in [0.5, 0.6) is 11.5 Å². The molecular weight excluding hydrogens is 813 g/mol. The Bertz CT molecular complexity index is 1960. The highest BCUT2D eigenvalue weighted by Crippen LogP contribution is 2.31. The van der Waals surface area contributed by atoms with Crippen LogP contribution in [0.4, 0.5) is 30.7 Å². The first-order valence-electron chi connectivity index (χ1n) is 16.9. The van der Waals surface area contributed by atoms with Crippen LogP contribution in [0.1, 0.15) is 36.6 Å². The molecule has 0 aliphatic rings. The second-order valence-electron chi connectivity index (χ2n) is 12.8. The van der Waals surface area contributed by atoms with Gasteiger partial charge in [0.15, 0.2) is 6.61 Å². The lowest BCUT2D eigenvalue weighted by molar-refractivity contribution is -0.165. The Labute approximate surface area is 330 Å². The monoisotopic (exact) mass is 848 g/mol. The molecule has 0 aromatic heterocycles. The number of carbonyl (C=O) groups excluding carboxylic acids is 5. The predicted octanol–water partition coefficient (Wildman–Crippen LogP) is 4.51. The van der Waals surface area contributed by atoms with E-state index in [1.807, 2.05) is 10.6 Å². The highest BCUT2D eigenvalue weighted by Gasteiger charge is 2.52. The number of alkyl halides is 7. The molecule has 13 nitrogen and oxygen atoms in total. The molecule has 21 heteroatoms. The summed E-state index contributed by atoms with van der Waals surface area (Å²) in [6, 6.07) is 8.28. The number of Topliss-reactive ketones (excluding diaryl/α,β-unsaturated/α-hetero) is 1. The lowest BCUT2D eigenvalue weighted by Gasteiger charge is -2.29. The fraction of sp³-hybridized carbons (Fsp3) is 0.351. The Morgan fingerprint density at radius 2 is 1.38 bits per heavy atom. The summed E-state index contributed by atoms with van der Waals surface area (Å²) < 4.78 is 109. The van der Waals surface area contributed by atoms with Crippen LogP contribution in [-0.4, -0.2) is 84.9 Å². The van der Waals surface area contributed by atoms with E-state index >= 15 is 8.78 Å². The average Bonchev–Trinajstić information content (AvgIpc) is 3.16. The molecule has 314 valence electrons. The van der Waals surface area contributed by atoms with Crippen molar-refractivity contribution < 1.29 is 74.1 Å². The van der Waals surface area contributed by atoms with E-state index in [9.17, 15) is 50.7 Å². The number of methoxy groups -OCH3 is 1. The van der Waals surface area contributed by atoms with Crippen LogP contribution in [0.3, 0.4) is 0 Å². The minimum absolute atomic E-state index is 0.0672. The molecule has 4 amide bonds. The number of carbonyl (C=O) groups is 6. The molecule has 0 aliphatic carbocycles. The fourth-order valence-corrected chi connectivity index (χ4v) is 5.28. The van der Waals surface area contributed by atoms with E-state index in [2.05, 4.69) is 5.32 Å². The molecule has 3 aromatic rings. The summed E-state index contributed by atoms with van der Waals surface area (Å²) >= 11 is 5.84. The molecular formula is C37H36ClF7N4O9. The van der Waals surface area contributed by atoms with Crippen molar-refractivity contribution in [2.75, 3.05) is 20.3 Å². The molecule has 0 saturated carbocycles. The second kappa shape index (κ2) is 19.5. The molecule has 0 heterocycles. The molecule has 0 unspecified atom stereocenters. The van der Waals surface area contributed by atoms with Gasteiger partial charge in [-0.15, -0.1) is 0 Å². The number of amides is 4. The number of rotatable bonds is 19. The Kier molecular flexibility index (Phi) is 15.6. The number of nitrogens with one attached hydrogen (secondary N) is 4. The second-order valence-corrected chi connectivity index (χ2v) is 13.3. The topological polar surface area (TPSA) is 189 Å². The molecule has 3 atom stereocenters. The average molecular weight is 849 g/mol. The summed E-state index contributed by atoms with van der Waals surface area (Å²) in [6.07, 6.45) is -5.65. The summed E-state index contributed by atoms with van der Waals surface area (Å²) in [5.74, 6) is -21.1. The minimum atomic E-state index is -5.10. The smallest absolute Gasteiger partial charge is 0.405 e. The third-order valence-electron chi connectivity index (χ3n) is 8.11. The van der Waals surface area contributed by atoms with Gasteiger partial charge in [0.1, 0.15) is 30.1 Å². The summed E-state index contributed by atoms with van der Waals surface area (Å²) in [5, 5.41) is 15.8. The van der Waals surface area contributed by atoms with Gasteiger partial charge in [0.05, 0.1) is 13.2 Å². The summed E-state index contributed by atoms with van der Waals surface area (Å²) in [4.78, 5) is 76.8. The number of halogens is 8. The van der Waals surface area contributed by atoms with E-state index in [4.69, 9.17) is 26.2 Å². The SMILES string of the molecule is COc1ccc([C@H](NC(=O)[C@H](Cc2ccc(OCC(=O)O)cc2)NC(=O)C(F)(F)c2cccc(Cl)c2)C(=O)N[C@H](C(=O)C(F)(F)C(=O)NCC(F)(F)F)C(C)C)cc1. The van der Waals surface area contributed by atoms with Gasteiger partial charge in [-0.05, 0) is 53.4 Å². The first-order valence-corrected chi connectivity index (χ1v) is 17.2. The van der Waals surface area contributed by atoms with Crippen molar-refractivity contribution in [2.24, 2.45) is 5.92 Å². The van der Waals surface area contributed by atoms with Crippen molar-refractivity contribution in [1.82, 2.24) is 21.3 Å². The number of ether oxygens (including phenoxy) is 2. The lowest BCUT2D eigenvalue weighted by atomic mass is 9.94. The number of benzene rings is 3. The van der Waals surface area contributed by atoms with Gasteiger partial charge < -0.3 is 35.8 Å². The number of aliphatic carboxylic acids is 1. The number of hydrogen-bond donors (Lipinski definition) is 5. The molecule has 58 heavy (non-hydrogen) atoms. The van der Waals surface area contributed by atoms with Gasteiger partial charge in [-0.25, -0.2) is 4.79 Å². The molecule has 3 rings (SSSR count). The maximum absolute atomic E-state index is 15.5. The Morgan fingerprint density at radius 3 is 1.91 bits per heavy atom. The minimum Gasteiger partial charge on any atom is -0.497 e. The number of hydrogen-bond acceptors (Lipinski definition) is 8. The van der Waals surface area contributed by atoms with Crippen LogP contribution in [0.25, 0.3) is 0 Å². The van der Waals surface area contributed by atoms with Crippen molar-refractivity contribution in [2.45, 2.75) is 56.4 Å². The third-order valence-corrected chi connectivity index (χ3v) is 8.34. The third kappa shape index (κ3) is 12.8. The number of carboxylic acid groups (broad SMARTS) is 1. The largest absolute Gasteiger partial charge is 0.497 e. The van der Waals surface area contributed by atoms with Crippen LogP contribution < -0.4 is 30.7 Å². The highest BCUT2D eigenvalue weighted by molar-refractivity contribution is 6.30. The van der Waals surface area contributed by atoms with E-state index in [1.54, 1.807) is 0 Å². The number of carboxylic acids is 1. The van der Waals surface area contributed by atoms with Gasteiger partial charge in [0.2, 0.25) is 17.6 Å². The van der Waals surface area contributed by atoms with Crippen molar-refractivity contribution >= 4 is 47.0 Å². The zero-order valence-corrected chi connectivity index (χ0v) is 31.4. The summed E-state index contributed by atoms with van der Waals surface area (Å²) in [7, 11) is 1.29. The van der Waals surface area contributed by atoms with Crippen LogP contribution in [0.15, 0.2) is 72.8 Å². The first kappa shape index (κ1) is 46.5. The van der Waals surface area contributed by atoms with E-state index in [-0.39, 0.29) is 27.6 Å². The molecule has 0 radical (unpaired) electrons. The van der Waals surface area contributed by atoms with Gasteiger partial charge >= 0.3 is 24.0 Å². The molecule has 0 spiro atoms. The summed E-state index contributed by atoms with van der Waals surface area (Å²) in [5.41, 5.74) is -0.762. The normalized spacial score (nSPS) is 13.4. The molecule has 0 saturated heterocycles. The van der Waals surface area contributed by atoms with Crippen LogP contribution in [0.2, 0.25) is 5.02 Å². The van der Waals surface area contributed by atoms with E-state index in [0.29, 0.717) is 0 Å². The maximum Gasteiger partial charge on any atom is 0.405 e. The van der Waals surface area contributed by atoms with E-state index < -0.39 is 103 Å². The number of ketones is 1. The lowest BCUT2D eigenvalue weighted by Crippen LogP contribution is -2.59. The molecule has 3 aromatic carbocycles. The predicted molar refractivity (Wildman–Crippen MR) is 190 cm³/mol. The van der Waals surface area contributed by atoms with Crippen molar-refractivity contribution in [3.05, 3.63) is 94.5 Å². The van der Waals surface area contributed by atoms with Gasteiger partial charge in [-0.2, -0.15) is 30.7 Å². The van der Waals surface area contributed by atoms with Crippen LogP contribution in [0, 0.1) is 5.92 Å². The van der Waals surface area contributed by atoms with E-state index in [0.717, 1.165) is 37.4 Å². The highest BCUT2D eigenvalue weighted by atomic mass is 35.5. The van der Waals surface area contributed by atoms with Crippen LogP contribution >= 0.6 is 11.6 Å². The van der Waals surface area contributed by atoms with E-state index in [1.165, 1.54) is 61.7 Å². The first-order chi connectivity index (χ1) is 27.0. The molecule has 0 bridgehead atoms. The van der Waals surface area contributed by atoms with Crippen molar-refractivity contribution in [1.29, 1.82) is 0 Å². The van der Waals surface area contributed by atoms with Crippen LogP contribution in [-0.2, 0) is 41.1 Å². The zero-order chi connectivity index (χ0) is 43.6. The fourth-order valence-electron chi connectivity index (χ4n) is 5.09. The molecule has 0 fully saturated rings. The van der Waals surface area contributed by atoms with Gasteiger partial charge in [0, 0.05) is 17.0 Å². The Hall–Kier alpha value is -5.92. The van der Waals surface area contributed by atoms with Gasteiger partial charge in [-0.3, -0.25) is 24.0 Å². The summed E-state index contributed by atoms with van der Waals surface area (Å²) in [6.45, 7) is -0.571. The van der Waals surface area contributed by atoms with Gasteiger partial charge in [0.25, 0.3) is 11.8 Å². The zero-order valence-electron chi connectivity index (χ0n) is 30.6. The quantitative estimate of drug-likeness (QED) is 0.0854. The Morgan fingerprint density at radius 1 is 0.776 bits per heavy atom. The molecule has 0 aliphatic heterocycles. The van der Waals surface area contributed by atoms with Crippen molar-refractivity contribution in [3.8, 4) is 11.5 Å².